The van der Waals surface area contributed by atoms with Crippen molar-refractivity contribution in [1.29, 1.82) is 0 Å². The van der Waals surface area contributed by atoms with Crippen molar-refractivity contribution >= 4 is 23.2 Å². The number of carbonyl (C=O) groups is 1. The van der Waals surface area contributed by atoms with Gasteiger partial charge in [0.05, 0.1) is 5.56 Å². The van der Waals surface area contributed by atoms with E-state index in [0.29, 0.717) is 11.4 Å². The van der Waals surface area contributed by atoms with Crippen LogP contribution in [-0.4, -0.2) is 10.9 Å². The average Bonchev–Trinajstić information content (AvgIpc) is 2.40. The summed E-state index contributed by atoms with van der Waals surface area (Å²) in [5.74, 6) is 0.303. The van der Waals surface area contributed by atoms with E-state index in [-0.39, 0.29) is 5.91 Å². The lowest BCUT2D eigenvalue weighted by Crippen LogP contribution is -2.12. The summed E-state index contributed by atoms with van der Waals surface area (Å²) in [5, 5.41) is 2.81. The molecule has 0 radical (unpaired) electrons. The number of pyridine rings is 1. The fourth-order valence-corrected chi connectivity index (χ4v) is 1.66. The zero-order valence-electron chi connectivity index (χ0n) is 9.98. The Hall–Kier alpha value is -1.87. The van der Waals surface area contributed by atoms with Gasteiger partial charge in [-0.15, -0.1) is 11.6 Å². The third-order valence-corrected chi connectivity index (χ3v) is 2.85. The highest BCUT2D eigenvalue weighted by molar-refractivity contribution is 6.17. The highest BCUT2D eigenvalue weighted by atomic mass is 35.5. The van der Waals surface area contributed by atoms with Crippen LogP contribution in [0.5, 0.6) is 0 Å². The Kier molecular flexibility index (Phi) is 3.95. The molecule has 0 aliphatic carbocycles. The summed E-state index contributed by atoms with van der Waals surface area (Å²) in [6.45, 7) is 1.88. The second kappa shape index (κ2) is 5.65. The lowest BCUT2D eigenvalue weighted by molar-refractivity contribution is 0.102. The Morgan fingerprint density at radius 2 is 1.94 bits per heavy atom. The SMILES string of the molecule is Cc1ccc(C(=O)Nc2ccc(CCl)cc2)cn1. The first-order chi connectivity index (χ1) is 8.69. The number of aryl methyl sites for hydroxylation is 1. The molecule has 1 N–H and O–H groups in total. The molecule has 3 nitrogen and oxygen atoms in total. The van der Waals surface area contributed by atoms with Gasteiger partial charge in [-0.1, -0.05) is 12.1 Å². The van der Waals surface area contributed by atoms with Crippen LogP contribution in [0.15, 0.2) is 42.6 Å². The maximum atomic E-state index is 11.9. The number of anilines is 1. The Labute approximate surface area is 111 Å². The topological polar surface area (TPSA) is 42.0 Å². The number of benzene rings is 1. The molecule has 4 heteroatoms. The van der Waals surface area contributed by atoms with Crippen molar-refractivity contribution in [2.75, 3.05) is 5.32 Å². The van der Waals surface area contributed by atoms with E-state index in [2.05, 4.69) is 10.3 Å². The molecule has 0 unspecified atom stereocenters. The van der Waals surface area contributed by atoms with Gasteiger partial charge in [0, 0.05) is 23.5 Å². The second-order valence-electron chi connectivity index (χ2n) is 3.97. The molecule has 0 saturated heterocycles. The number of rotatable bonds is 3. The van der Waals surface area contributed by atoms with Crippen molar-refractivity contribution in [3.63, 3.8) is 0 Å². The van der Waals surface area contributed by atoms with Gasteiger partial charge in [0.2, 0.25) is 0 Å². The predicted octanol–water partition coefficient (Wildman–Crippen LogP) is 3.38. The number of hydrogen-bond donors (Lipinski definition) is 1. The number of nitrogens with one attached hydrogen (secondary N) is 1. The smallest absolute Gasteiger partial charge is 0.257 e. The Bertz CT molecular complexity index is 535. The normalized spacial score (nSPS) is 10.1. The molecule has 0 spiro atoms. The Morgan fingerprint density at radius 3 is 2.50 bits per heavy atom. The van der Waals surface area contributed by atoms with Crippen molar-refractivity contribution in [3.8, 4) is 0 Å². The summed E-state index contributed by atoms with van der Waals surface area (Å²) in [4.78, 5) is 16.0. The Morgan fingerprint density at radius 1 is 1.22 bits per heavy atom. The molecule has 2 aromatic rings. The van der Waals surface area contributed by atoms with E-state index >= 15 is 0 Å². The number of nitrogens with zero attached hydrogens (tertiary/aromatic N) is 1. The molecule has 0 aliphatic rings. The standard InChI is InChI=1S/C14H13ClN2O/c1-10-2-5-12(9-16-10)14(18)17-13-6-3-11(8-15)4-7-13/h2-7,9H,8H2,1H3,(H,17,18). The molecule has 92 valence electrons. The highest BCUT2D eigenvalue weighted by Crippen LogP contribution is 2.12. The van der Waals surface area contributed by atoms with E-state index < -0.39 is 0 Å². The van der Waals surface area contributed by atoms with Gasteiger partial charge >= 0.3 is 0 Å². The summed E-state index contributed by atoms with van der Waals surface area (Å²) in [6, 6.07) is 11.0. The van der Waals surface area contributed by atoms with E-state index in [1.807, 2.05) is 37.3 Å². The number of amides is 1. The number of aromatic nitrogens is 1. The number of alkyl halides is 1. The first-order valence-electron chi connectivity index (χ1n) is 5.58. The van der Waals surface area contributed by atoms with Crippen molar-refractivity contribution in [2.45, 2.75) is 12.8 Å². The van der Waals surface area contributed by atoms with Crippen LogP contribution in [0, 0.1) is 6.92 Å². The summed E-state index contributed by atoms with van der Waals surface area (Å²) in [6.07, 6.45) is 1.57. The molecule has 1 amide bonds. The van der Waals surface area contributed by atoms with E-state index in [9.17, 15) is 4.79 Å². The summed E-state index contributed by atoms with van der Waals surface area (Å²) in [5.41, 5.74) is 3.20. The van der Waals surface area contributed by atoms with Crippen molar-refractivity contribution in [2.24, 2.45) is 0 Å². The van der Waals surface area contributed by atoms with E-state index in [0.717, 1.165) is 16.9 Å². The van der Waals surface area contributed by atoms with Gasteiger partial charge in [-0.3, -0.25) is 9.78 Å². The molecule has 18 heavy (non-hydrogen) atoms. The molecular weight excluding hydrogens is 248 g/mol. The quantitative estimate of drug-likeness (QED) is 0.860. The molecular formula is C14H13ClN2O. The van der Waals surface area contributed by atoms with E-state index in [4.69, 9.17) is 11.6 Å². The molecule has 0 bridgehead atoms. The summed E-state index contributed by atoms with van der Waals surface area (Å²) in [7, 11) is 0. The molecule has 1 aromatic heterocycles. The largest absolute Gasteiger partial charge is 0.322 e. The van der Waals surface area contributed by atoms with Gasteiger partial charge in [-0.25, -0.2) is 0 Å². The zero-order valence-corrected chi connectivity index (χ0v) is 10.7. The van der Waals surface area contributed by atoms with Crippen LogP contribution in [0.2, 0.25) is 0 Å². The van der Waals surface area contributed by atoms with Crippen LogP contribution in [0.1, 0.15) is 21.6 Å². The molecule has 1 aromatic carbocycles. The van der Waals surface area contributed by atoms with Gasteiger partial charge < -0.3 is 5.32 Å². The predicted molar refractivity (Wildman–Crippen MR) is 72.9 cm³/mol. The van der Waals surface area contributed by atoms with E-state index in [1.165, 1.54) is 0 Å². The van der Waals surface area contributed by atoms with Crippen molar-refractivity contribution < 1.29 is 4.79 Å². The third-order valence-electron chi connectivity index (χ3n) is 2.54. The fraction of sp³-hybridized carbons (Fsp3) is 0.143. The minimum Gasteiger partial charge on any atom is -0.322 e. The van der Waals surface area contributed by atoms with Crippen molar-refractivity contribution in [1.82, 2.24) is 4.98 Å². The maximum Gasteiger partial charge on any atom is 0.257 e. The molecule has 0 saturated carbocycles. The number of halogens is 1. The molecule has 1 heterocycles. The van der Waals surface area contributed by atoms with Crippen LogP contribution >= 0.6 is 11.6 Å². The van der Waals surface area contributed by atoms with Crippen LogP contribution in [-0.2, 0) is 5.88 Å². The maximum absolute atomic E-state index is 11.9. The molecule has 0 aliphatic heterocycles. The van der Waals surface area contributed by atoms with Gasteiger partial charge in [0.25, 0.3) is 5.91 Å². The summed E-state index contributed by atoms with van der Waals surface area (Å²) >= 11 is 5.70. The monoisotopic (exact) mass is 260 g/mol. The van der Waals surface area contributed by atoms with Gasteiger partial charge in [0.1, 0.15) is 0 Å². The highest BCUT2D eigenvalue weighted by Gasteiger charge is 2.05. The van der Waals surface area contributed by atoms with Crippen LogP contribution in [0.3, 0.4) is 0 Å². The van der Waals surface area contributed by atoms with Gasteiger partial charge in [-0.2, -0.15) is 0 Å². The molecule has 0 atom stereocenters. The Balaban J connectivity index is 2.08. The number of hydrogen-bond acceptors (Lipinski definition) is 2. The van der Waals surface area contributed by atoms with Gasteiger partial charge in [0.15, 0.2) is 0 Å². The fourth-order valence-electron chi connectivity index (χ4n) is 1.48. The first-order valence-corrected chi connectivity index (χ1v) is 6.11. The molecule has 2 rings (SSSR count). The van der Waals surface area contributed by atoms with Crippen LogP contribution in [0.4, 0.5) is 5.69 Å². The minimum atomic E-state index is -0.166. The lowest BCUT2D eigenvalue weighted by Gasteiger charge is -2.05. The summed E-state index contributed by atoms with van der Waals surface area (Å²) < 4.78 is 0. The van der Waals surface area contributed by atoms with Crippen LogP contribution < -0.4 is 5.32 Å². The molecule has 0 fully saturated rings. The van der Waals surface area contributed by atoms with Crippen LogP contribution in [0.25, 0.3) is 0 Å². The zero-order chi connectivity index (χ0) is 13.0. The number of carbonyl (C=O) groups excluding carboxylic acids is 1. The lowest BCUT2D eigenvalue weighted by atomic mass is 10.2. The average molecular weight is 261 g/mol. The third kappa shape index (κ3) is 3.08. The van der Waals surface area contributed by atoms with Gasteiger partial charge in [-0.05, 0) is 36.8 Å². The minimum absolute atomic E-state index is 0.166. The van der Waals surface area contributed by atoms with Crippen molar-refractivity contribution in [3.05, 3.63) is 59.4 Å². The second-order valence-corrected chi connectivity index (χ2v) is 4.24. The first kappa shape index (κ1) is 12.6. The van der Waals surface area contributed by atoms with E-state index in [1.54, 1.807) is 12.3 Å².